The summed E-state index contributed by atoms with van der Waals surface area (Å²) in [5.41, 5.74) is 0.817. The Morgan fingerprint density at radius 3 is 2.17 bits per heavy atom. The van der Waals surface area contributed by atoms with Gasteiger partial charge in [-0.2, -0.15) is 8.42 Å². The molecule has 0 saturated carbocycles. The van der Waals surface area contributed by atoms with Crippen molar-refractivity contribution in [1.29, 1.82) is 0 Å². The smallest absolute Gasteiger partial charge is 0.872 e. The molecule has 2 aromatic rings. The van der Waals surface area contributed by atoms with E-state index in [1.165, 1.54) is 69.2 Å². The molecule has 0 atom stereocenters. The van der Waals surface area contributed by atoms with Crippen molar-refractivity contribution in [3.63, 3.8) is 0 Å². The van der Waals surface area contributed by atoms with Crippen molar-refractivity contribution in [2.24, 2.45) is 0 Å². The van der Waals surface area contributed by atoms with E-state index in [9.17, 15) is 18.1 Å². The van der Waals surface area contributed by atoms with Crippen LogP contribution < -0.4 is 61.2 Å². The molecule has 0 aromatic heterocycles. The van der Waals surface area contributed by atoms with Gasteiger partial charge in [-0.15, -0.1) is 5.75 Å². The summed E-state index contributed by atoms with van der Waals surface area (Å²) in [6, 6.07) is 10.3. The van der Waals surface area contributed by atoms with Crippen LogP contribution >= 0.6 is 0 Å². The first kappa shape index (κ1) is 27.6. The summed E-state index contributed by atoms with van der Waals surface area (Å²) in [6.07, 6.45) is 11.8. The van der Waals surface area contributed by atoms with Gasteiger partial charge in [-0.05, 0) is 36.6 Å². The van der Waals surface area contributed by atoms with E-state index in [0.717, 1.165) is 24.8 Å². The van der Waals surface area contributed by atoms with Gasteiger partial charge in [-0.3, -0.25) is 4.55 Å². The van der Waals surface area contributed by atoms with Gasteiger partial charge >= 0.3 is 51.4 Å². The molecule has 0 spiro atoms. The molecule has 0 bridgehead atoms. The van der Waals surface area contributed by atoms with Crippen LogP contribution in [-0.4, -0.2) is 13.0 Å². The minimum Gasteiger partial charge on any atom is -0.872 e. The van der Waals surface area contributed by atoms with E-state index in [0.29, 0.717) is 11.5 Å². The van der Waals surface area contributed by atoms with Crippen LogP contribution in [0.25, 0.3) is 0 Å². The largest absolute Gasteiger partial charge is 1.00 e. The quantitative estimate of drug-likeness (QED) is 0.283. The Morgan fingerprint density at radius 1 is 0.900 bits per heavy atom. The van der Waals surface area contributed by atoms with Crippen LogP contribution in [0.4, 0.5) is 0 Å². The molecule has 1 N–H and O–H groups in total. The molecule has 7 heteroatoms. The van der Waals surface area contributed by atoms with Gasteiger partial charge in [0.05, 0.1) is 4.90 Å². The first-order chi connectivity index (χ1) is 13.9. The van der Waals surface area contributed by atoms with Crippen molar-refractivity contribution in [3.05, 3.63) is 48.0 Å². The van der Waals surface area contributed by atoms with Crippen molar-refractivity contribution in [2.75, 3.05) is 0 Å². The van der Waals surface area contributed by atoms with E-state index in [-0.39, 0.29) is 62.0 Å². The number of hydrogen-bond donors (Lipinski definition) is 1. The molecule has 2 aromatic carbocycles. The third-order valence-corrected chi connectivity index (χ3v) is 5.76. The average Bonchev–Trinajstić information content (AvgIpc) is 2.68. The second-order valence-electron chi connectivity index (χ2n) is 7.40. The molecule has 2 rings (SSSR count). The number of rotatable bonds is 13. The van der Waals surface area contributed by atoms with Crippen molar-refractivity contribution in [2.45, 2.75) is 76.0 Å². The Labute approximate surface area is 223 Å². The molecule has 0 radical (unpaired) electrons. The Hall–Kier alpha value is -0.414. The van der Waals surface area contributed by atoms with Gasteiger partial charge in [0.15, 0.2) is 0 Å². The fourth-order valence-electron chi connectivity index (χ4n) is 3.30. The molecule has 160 valence electrons. The predicted molar refractivity (Wildman–Crippen MR) is 113 cm³/mol. The van der Waals surface area contributed by atoms with Gasteiger partial charge in [0.2, 0.25) is 0 Å². The van der Waals surface area contributed by atoms with Crippen LogP contribution in [0, 0.1) is 0 Å². The summed E-state index contributed by atoms with van der Waals surface area (Å²) in [6.45, 7) is 2.22. The summed E-state index contributed by atoms with van der Waals surface area (Å²) in [5, 5.41) is 11.8. The molecule has 0 heterocycles. The third kappa shape index (κ3) is 10.3. The van der Waals surface area contributed by atoms with Crippen LogP contribution in [0.2, 0.25) is 0 Å². The molecule has 0 aliphatic heterocycles. The van der Waals surface area contributed by atoms with Crippen LogP contribution in [-0.2, 0) is 16.5 Å². The van der Waals surface area contributed by atoms with Crippen molar-refractivity contribution in [1.82, 2.24) is 0 Å². The monoisotopic (exact) mass is 458 g/mol. The van der Waals surface area contributed by atoms with Crippen molar-refractivity contribution >= 4 is 10.1 Å². The second-order valence-corrected chi connectivity index (χ2v) is 8.82. The molecule has 5 nitrogen and oxygen atoms in total. The number of ether oxygens (including phenoxy) is 1. The van der Waals surface area contributed by atoms with E-state index < -0.39 is 10.1 Å². The van der Waals surface area contributed by atoms with Gasteiger partial charge in [0.25, 0.3) is 10.1 Å². The number of benzene rings is 2. The van der Waals surface area contributed by atoms with E-state index in [4.69, 9.17) is 4.74 Å². The molecular weight excluding hydrogens is 427 g/mol. The van der Waals surface area contributed by atoms with E-state index >= 15 is 0 Å². The standard InChI is InChI=1S/C23H32O5S.K/c1-2-3-4-5-6-7-8-9-10-12-19-17-20(24)15-16-23(19)28-21-13-11-14-22(18-21)29(25,26)27;/h11,13-18,24H,2-10,12H2,1H3,(H,25,26,27);/q;+1/p-1. The summed E-state index contributed by atoms with van der Waals surface area (Å²) in [5.74, 6) is 0.763. The van der Waals surface area contributed by atoms with Gasteiger partial charge in [0, 0.05) is 6.07 Å². The molecular formula is C23H31KO5S. The Morgan fingerprint density at radius 2 is 1.53 bits per heavy atom. The Balaban J connectivity index is 0.00000450. The minimum atomic E-state index is -4.30. The molecule has 0 aliphatic rings. The first-order valence-corrected chi connectivity index (χ1v) is 11.9. The predicted octanol–water partition coefficient (Wildman–Crippen LogP) is 2.88. The second kappa shape index (κ2) is 14.6. The maximum atomic E-state index is 11.8. The molecule has 0 amide bonds. The fourth-order valence-corrected chi connectivity index (χ4v) is 3.82. The minimum absolute atomic E-state index is 0. The molecule has 0 unspecified atom stereocenters. The van der Waals surface area contributed by atoms with Gasteiger partial charge in [-0.1, -0.05) is 76.5 Å². The van der Waals surface area contributed by atoms with Crippen LogP contribution in [0.5, 0.6) is 17.2 Å². The summed E-state index contributed by atoms with van der Waals surface area (Å²) in [7, 11) is -4.30. The number of unbranched alkanes of at least 4 members (excludes halogenated alkanes) is 8. The van der Waals surface area contributed by atoms with Crippen LogP contribution in [0.15, 0.2) is 47.4 Å². The van der Waals surface area contributed by atoms with Crippen molar-refractivity contribution < 1.29 is 74.2 Å². The van der Waals surface area contributed by atoms with Crippen LogP contribution in [0.3, 0.4) is 0 Å². The van der Waals surface area contributed by atoms with E-state index in [1.54, 1.807) is 18.2 Å². The zero-order valence-electron chi connectivity index (χ0n) is 18.1. The fraction of sp³-hybridized carbons (Fsp3) is 0.478. The summed E-state index contributed by atoms with van der Waals surface area (Å²) < 4.78 is 37.6. The normalized spacial score (nSPS) is 11.1. The summed E-state index contributed by atoms with van der Waals surface area (Å²) >= 11 is 0. The van der Waals surface area contributed by atoms with Gasteiger partial charge in [0.1, 0.15) is 11.5 Å². The number of hydrogen-bond acceptors (Lipinski definition) is 4. The topological polar surface area (TPSA) is 86.7 Å². The zero-order valence-corrected chi connectivity index (χ0v) is 22.0. The van der Waals surface area contributed by atoms with E-state index in [1.807, 2.05) is 0 Å². The SMILES string of the molecule is CCCCCCCCCCCc1cc([O-])ccc1Oc1cccc(S(=O)(=O)O)c1.[K+]. The number of aryl methyl sites for hydroxylation is 1. The first-order valence-electron chi connectivity index (χ1n) is 10.5. The molecule has 0 aliphatic carbocycles. The van der Waals surface area contributed by atoms with Gasteiger partial charge < -0.3 is 9.84 Å². The molecule has 30 heavy (non-hydrogen) atoms. The summed E-state index contributed by atoms with van der Waals surface area (Å²) in [4.78, 5) is -0.226. The molecule has 0 fully saturated rings. The molecule has 0 saturated heterocycles. The third-order valence-electron chi connectivity index (χ3n) is 4.91. The Bertz CT molecular complexity index is 868. The Kier molecular flexibility index (Phi) is 13.5. The van der Waals surface area contributed by atoms with Crippen molar-refractivity contribution in [3.8, 4) is 17.2 Å². The van der Waals surface area contributed by atoms with Gasteiger partial charge in [-0.25, -0.2) is 0 Å². The zero-order chi connectivity index (χ0) is 21.1. The maximum Gasteiger partial charge on any atom is 1.00 e. The maximum absolute atomic E-state index is 11.8. The van der Waals surface area contributed by atoms with Crippen LogP contribution in [0.1, 0.15) is 70.3 Å². The van der Waals surface area contributed by atoms with E-state index in [2.05, 4.69) is 6.92 Å². The average molecular weight is 459 g/mol.